The number of carboxylic acids is 1. The van der Waals surface area contributed by atoms with Crippen LogP contribution in [0.15, 0.2) is 12.2 Å². The number of unbranched alkanes of at least 4 members (excludes halogenated alkanes) is 34. The van der Waals surface area contributed by atoms with Gasteiger partial charge < -0.3 is 25.2 Å². The first-order chi connectivity index (χ1) is 29.7. The van der Waals surface area contributed by atoms with E-state index >= 15 is 0 Å². The smallest absolute Gasteiger partial charge is 0.472 e. The van der Waals surface area contributed by atoms with Crippen molar-refractivity contribution in [1.82, 2.24) is 0 Å². The van der Waals surface area contributed by atoms with Crippen molar-refractivity contribution in [2.45, 2.75) is 270 Å². The SMILES string of the molecule is CCCCCCCC/C=C\CCCCCCCCCCCCOCC(COP(=O)(O)OCC(N)C(=O)O)OC(=O)CCCCCCCCCCCCCCCCCCCCC. The Balaban J connectivity index is 4.10. The molecule has 0 aliphatic heterocycles. The fraction of sp³-hybridized carbons (Fsp3) is 0.920. The summed E-state index contributed by atoms with van der Waals surface area (Å²) in [5.41, 5.74) is 5.38. The van der Waals surface area contributed by atoms with E-state index in [1.165, 1.54) is 199 Å². The number of phosphoric ester groups is 1. The molecule has 0 amide bonds. The molecule has 0 bridgehead atoms. The van der Waals surface area contributed by atoms with Crippen LogP contribution in [0.25, 0.3) is 0 Å². The molecule has 3 atom stereocenters. The minimum atomic E-state index is -4.62. The number of allylic oxidation sites excluding steroid dienone is 2. The van der Waals surface area contributed by atoms with Crippen LogP contribution >= 0.6 is 7.82 Å². The van der Waals surface area contributed by atoms with E-state index in [-0.39, 0.29) is 13.0 Å². The van der Waals surface area contributed by atoms with E-state index < -0.39 is 45.1 Å². The Morgan fingerprint density at radius 2 is 0.852 bits per heavy atom. The molecule has 0 aromatic carbocycles. The standard InChI is InChI=1S/C50H98NO9P/c1-3-5-7-9-11-13-15-17-19-21-23-25-27-29-31-33-35-37-39-41-43-57-44-47(45-58-61(55,56)59-46-48(51)50(53)54)60-49(52)42-40-38-36-34-32-30-28-26-24-22-20-18-16-14-12-10-8-6-4-2/h17,19,47-48H,3-16,18,20-46,51H2,1-2H3,(H,53,54)(H,55,56)/b19-17-. The number of hydrogen-bond donors (Lipinski definition) is 3. The highest BCUT2D eigenvalue weighted by Gasteiger charge is 2.27. The molecule has 0 rings (SSSR count). The molecule has 0 fully saturated rings. The van der Waals surface area contributed by atoms with E-state index in [1.54, 1.807) is 0 Å². The molecule has 0 aromatic rings. The van der Waals surface area contributed by atoms with E-state index in [4.69, 9.17) is 29.4 Å². The topological polar surface area (TPSA) is 155 Å². The average Bonchev–Trinajstić information content (AvgIpc) is 3.24. The maximum atomic E-state index is 12.7. The predicted octanol–water partition coefficient (Wildman–Crippen LogP) is 14.9. The number of carbonyl (C=O) groups excluding carboxylic acids is 1. The summed E-state index contributed by atoms with van der Waals surface area (Å²) in [4.78, 5) is 33.7. The fourth-order valence-electron chi connectivity index (χ4n) is 7.54. The molecule has 0 spiro atoms. The van der Waals surface area contributed by atoms with Gasteiger partial charge >= 0.3 is 19.8 Å². The summed E-state index contributed by atoms with van der Waals surface area (Å²) in [6.07, 6.45) is 51.2. The lowest BCUT2D eigenvalue weighted by molar-refractivity contribution is -0.154. The number of aliphatic carboxylic acids is 1. The highest BCUT2D eigenvalue weighted by molar-refractivity contribution is 7.47. The number of nitrogens with two attached hydrogens (primary N) is 1. The van der Waals surface area contributed by atoms with Crippen molar-refractivity contribution >= 4 is 19.8 Å². The first-order valence-corrected chi connectivity index (χ1v) is 27.2. The Labute approximate surface area is 375 Å². The van der Waals surface area contributed by atoms with E-state index in [0.717, 1.165) is 38.5 Å². The van der Waals surface area contributed by atoms with Crippen molar-refractivity contribution < 1.29 is 42.7 Å². The summed E-state index contributed by atoms with van der Waals surface area (Å²) >= 11 is 0. The van der Waals surface area contributed by atoms with Gasteiger partial charge in [0.25, 0.3) is 0 Å². The van der Waals surface area contributed by atoms with Crippen LogP contribution in [0.2, 0.25) is 0 Å². The molecule has 0 saturated heterocycles. The molecular formula is C50H98NO9P. The fourth-order valence-corrected chi connectivity index (χ4v) is 8.32. The second-order valence-corrected chi connectivity index (χ2v) is 19.1. The van der Waals surface area contributed by atoms with Crippen LogP contribution in [0, 0.1) is 0 Å². The highest BCUT2D eigenvalue weighted by Crippen LogP contribution is 2.43. The van der Waals surface area contributed by atoms with Gasteiger partial charge in [-0.3, -0.25) is 18.6 Å². The summed E-state index contributed by atoms with van der Waals surface area (Å²) in [6, 6.07) is -1.47. The number of carboxylic acid groups (broad SMARTS) is 1. The van der Waals surface area contributed by atoms with Gasteiger partial charge in [0.2, 0.25) is 0 Å². The zero-order valence-electron chi connectivity index (χ0n) is 39.8. The summed E-state index contributed by atoms with van der Waals surface area (Å²) < 4.78 is 33.5. The number of ether oxygens (including phenoxy) is 2. The first-order valence-electron chi connectivity index (χ1n) is 25.7. The van der Waals surface area contributed by atoms with Crippen LogP contribution in [0.5, 0.6) is 0 Å². The Morgan fingerprint density at radius 1 is 0.508 bits per heavy atom. The van der Waals surface area contributed by atoms with Crippen LogP contribution in [-0.4, -0.2) is 60.5 Å². The minimum absolute atomic E-state index is 0.0223. The van der Waals surface area contributed by atoms with Crippen LogP contribution in [0.1, 0.15) is 258 Å². The molecule has 0 saturated carbocycles. The quantitative estimate of drug-likeness (QED) is 0.0233. The lowest BCUT2D eigenvalue weighted by Gasteiger charge is -2.20. The number of rotatable bonds is 50. The number of carbonyl (C=O) groups is 2. The third kappa shape index (κ3) is 46.5. The van der Waals surface area contributed by atoms with Gasteiger partial charge in [-0.2, -0.15) is 0 Å². The Kier molecular flexibility index (Phi) is 45.7. The van der Waals surface area contributed by atoms with Crippen molar-refractivity contribution in [3.63, 3.8) is 0 Å². The van der Waals surface area contributed by atoms with Crippen LogP contribution in [0.3, 0.4) is 0 Å². The van der Waals surface area contributed by atoms with Gasteiger partial charge in [0.05, 0.1) is 19.8 Å². The molecule has 10 nitrogen and oxygen atoms in total. The maximum Gasteiger partial charge on any atom is 0.472 e. The van der Waals surface area contributed by atoms with E-state index in [0.29, 0.717) is 6.61 Å². The third-order valence-electron chi connectivity index (χ3n) is 11.5. The van der Waals surface area contributed by atoms with Gasteiger partial charge in [-0.25, -0.2) is 4.57 Å². The molecule has 11 heteroatoms. The lowest BCUT2D eigenvalue weighted by Crippen LogP contribution is -2.34. The molecule has 4 N–H and O–H groups in total. The van der Waals surface area contributed by atoms with Crippen molar-refractivity contribution in [2.24, 2.45) is 5.73 Å². The Bertz CT molecular complexity index is 1030. The van der Waals surface area contributed by atoms with Gasteiger partial charge in [-0.1, -0.05) is 225 Å². The van der Waals surface area contributed by atoms with Crippen molar-refractivity contribution in [3.8, 4) is 0 Å². The second-order valence-electron chi connectivity index (χ2n) is 17.7. The second kappa shape index (κ2) is 46.7. The summed E-state index contributed by atoms with van der Waals surface area (Å²) in [5, 5.41) is 8.93. The highest BCUT2D eigenvalue weighted by atomic mass is 31.2. The average molecular weight is 888 g/mol. The van der Waals surface area contributed by atoms with E-state index in [2.05, 4.69) is 26.0 Å². The molecule has 0 heterocycles. The summed E-state index contributed by atoms with van der Waals surface area (Å²) in [5.74, 6) is -1.76. The number of esters is 1. The zero-order chi connectivity index (χ0) is 44.8. The molecule has 362 valence electrons. The maximum absolute atomic E-state index is 12.7. The predicted molar refractivity (Wildman–Crippen MR) is 254 cm³/mol. The number of phosphoric acid groups is 1. The molecule has 0 aliphatic carbocycles. The third-order valence-corrected chi connectivity index (χ3v) is 12.5. The molecule has 0 radical (unpaired) electrons. The van der Waals surface area contributed by atoms with Crippen molar-refractivity contribution in [1.29, 1.82) is 0 Å². The zero-order valence-corrected chi connectivity index (χ0v) is 40.7. The molecule has 3 unspecified atom stereocenters. The summed E-state index contributed by atoms with van der Waals surface area (Å²) in [6.45, 7) is 3.94. The van der Waals surface area contributed by atoms with Gasteiger partial charge in [-0.05, 0) is 38.5 Å². The minimum Gasteiger partial charge on any atom is -0.480 e. The van der Waals surface area contributed by atoms with Crippen LogP contribution in [0.4, 0.5) is 0 Å². The van der Waals surface area contributed by atoms with Gasteiger partial charge in [-0.15, -0.1) is 0 Å². The van der Waals surface area contributed by atoms with E-state index in [9.17, 15) is 19.0 Å². The Hall–Kier alpha value is -1.29. The van der Waals surface area contributed by atoms with E-state index in [1.807, 2.05) is 0 Å². The Morgan fingerprint density at radius 3 is 1.25 bits per heavy atom. The van der Waals surface area contributed by atoms with Crippen molar-refractivity contribution in [3.05, 3.63) is 12.2 Å². The molecule has 0 aliphatic rings. The molecule has 61 heavy (non-hydrogen) atoms. The van der Waals surface area contributed by atoms with Crippen molar-refractivity contribution in [2.75, 3.05) is 26.4 Å². The van der Waals surface area contributed by atoms with Crippen LogP contribution < -0.4 is 5.73 Å². The molecule has 0 aromatic heterocycles. The first kappa shape index (κ1) is 59.7. The van der Waals surface area contributed by atoms with Crippen LogP contribution in [-0.2, 0) is 32.7 Å². The molecular weight excluding hydrogens is 790 g/mol. The lowest BCUT2D eigenvalue weighted by atomic mass is 10.0. The largest absolute Gasteiger partial charge is 0.480 e. The van der Waals surface area contributed by atoms with Gasteiger partial charge in [0.1, 0.15) is 12.1 Å². The normalized spacial score (nSPS) is 13.8. The monoisotopic (exact) mass is 888 g/mol. The number of hydrogen-bond acceptors (Lipinski definition) is 8. The summed E-state index contributed by atoms with van der Waals surface area (Å²) in [7, 11) is -4.62. The van der Waals surface area contributed by atoms with Gasteiger partial charge in [0.15, 0.2) is 0 Å². The van der Waals surface area contributed by atoms with Gasteiger partial charge in [0, 0.05) is 13.0 Å².